The molecule has 1 aromatic rings. The maximum Gasteiger partial charge on any atom is 0.144 e. The number of hydrogen-bond donors (Lipinski definition) is 2. The van der Waals surface area contributed by atoms with Crippen molar-refractivity contribution >= 4 is 5.71 Å². The van der Waals surface area contributed by atoms with Crippen molar-refractivity contribution in [1.82, 2.24) is 5.32 Å². The number of aliphatic hydroxyl groups is 1. The Morgan fingerprint density at radius 2 is 1.82 bits per heavy atom. The van der Waals surface area contributed by atoms with Crippen LogP contribution in [0.5, 0.6) is 0 Å². The van der Waals surface area contributed by atoms with E-state index in [-0.39, 0.29) is 12.1 Å². The van der Waals surface area contributed by atoms with Gasteiger partial charge >= 0.3 is 0 Å². The molecule has 124 valence electrons. The van der Waals surface area contributed by atoms with Gasteiger partial charge in [-0.2, -0.15) is 0 Å². The highest BCUT2D eigenvalue weighted by Crippen LogP contribution is 2.15. The summed E-state index contributed by atoms with van der Waals surface area (Å²) in [6, 6.07) is 8.33. The minimum absolute atomic E-state index is 0.0156. The van der Waals surface area contributed by atoms with Gasteiger partial charge in [0.05, 0.1) is 5.71 Å². The van der Waals surface area contributed by atoms with Crippen molar-refractivity contribution in [3.05, 3.63) is 35.4 Å². The summed E-state index contributed by atoms with van der Waals surface area (Å²) >= 11 is 0. The molecule has 0 saturated heterocycles. The van der Waals surface area contributed by atoms with Crippen molar-refractivity contribution in [2.45, 2.75) is 59.1 Å². The fourth-order valence-corrected chi connectivity index (χ4v) is 1.86. The van der Waals surface area contributed by atoms with Gasteiger partial charge in [0, 0.05) is 12.1 Å². The molecule has 0 fully saturated rings. The largest absolute Gasteiger partial charge is 0.393 e. The highest BCUT2D eigenvalue weighted by atomic mass is 16.6. The minimum Gasteiger partial charge on any atom is -0.393 e. The van der Waals surface area contributed by atoms with Crippen LogP contribution in [0.25, 0.3) is 0 Å². The second-order valence-corrected chi connectivity index (χ2v) is 7.03. The van der Waals surface area contributed by atoms with E-state index >= 15 is 0 Å². The van der Waals surface area contributed by atoms with Gasteiger partial charge in [0.15, 0.2) is 0 Å². The number of rotatable bonds is 7. The lowest BCUT2D eigenvalue weighted by Crippen LogP contribution is -2.42. The molecule has 0 saturated carbocycles. The molecule has 0 spiro atoms. The van der Waals surface area contributed by atoms with Gasteiger partial charge in [-0.3, -0.25) is 0 Å². The Morgan fingerprint density at radius 3 is 2.32 bits per heavy atom. The van der Waals surface area contributed by atoms with Crippen LogP contribution < -0.4 is 5.32 Å². The first-order valence-electron chi connectivity index (χ1n) is 7.89. The van der Waals surface area contributed by atoms with Crippen LogP contribution >= 0.6 is 0 Å². The minimum atomic E-state index is -0.570. The maximum absolute atomic E-state index is 9.84. The van der Waals surface area contributed by atoms with Crippen LogP contribution in [0, 0.1) is 0 Å². The van der Waals surface area contributed by atoms with Crippen molar-refractivity contribution in [2.75, 3.05) is 13.2 Å². The summed E-state index contributed by atoms with van der Waals surface area (Å²) in [5, 5.41) is 17.1. The summed E-state index contributed by atoms with van der Waals surface area (Å²) in [7, 11) is 0. The quantitative estimate of drug-likeness (QED) is 0.600. The maximum atomic E-state index is 9.84. The first kappa shape index (κ1) is 18.7. The number of hydrogen-bond acceptors (Lipinski definition) is 4. The Kier molecular flexibility index (Phi) is 7.04. The monoisotopic (exact) mass is 306 g/mol. The molecule has 2 N–H and O–H groups in total. The van der Waals surface area contributed by atoms with Crippen LogP contribution in [-0.4, -0.2) is 35.6 Å². The van der Waals surface area contributed by atoms with Crippen molar-refractivity contribution < 1.29 is 9.94 Å². The molecule has 1 atom stereocenters. The van der Waals surface area contributed by atoms with E-state index in [1.807, 2.05) is 6.92 Å². The molecule has 0 radical (unpaired) electrons. The molecule has 1 unspecified atom stereocenters. The average Bonchev–Trinajstić information content (AvgIpc) is 2.44. The highest BCUT2D eigenvalue weighted by molar-refractivity contribution is 5.98. The lowest BCUT2D eigenvalue weighted by molar-refractivity contribution is 0.0373. The zero-order chi connectivity index (χ0) is 16.8. The van der Waals surface area contributed by atoms with Crippen LogP contribution in [0.3, 0.4) is 0 Å². The van der Waals surface area contributed by atoms with E-state index in [0.29, 0.717) is 12.5 Å². The van der Waals surface area contributed by atoms with Crippen molar-refractivity contribution in [2.24, 2.45) is 5.16 Å². The number of aliphatic hydroxyl groups excluding tert-OH is 1. The second kappa shape index (κ2) is 8.30. The number of nitrogens with one attached hydrogen (secondary N) is 1. The predicted octanol–water partition coefficient (Wildman–Crippen LogP) is 3.30. The van der Waals surface area contributed by atoms with Crippen LogP contribution in [-0.2, 0) is 4.84 Å². The van der Waals surface area contributed by atoms with Gasteiger partial charge in [0.2, 0.25) is 0 Å². The van der Waals surface area contributed by atoms with Gasteiger partial charge < -0.3 is 15.3 Å². The number of oxime groups is 1. The third-order valence-electron chi connectivity index (χ3n) is 3.33. The molecule has 1 aromatic carbocycles. The molecule has 0 amide bonds. The van der Waals surface area contributed by atoms with Gasteiger partial charge in [-0.15, -0.1) is 0 Å². The second-order valence-electron chi connectivity index (χ2n) is 7.03. The molecule has 0 heterocycles. The number of nitrogens with zero attached hydrogens (tertiary/aromatic N) is 1. The van der Waals surface area contributed by atoms with E-state index in [2.05, 4.69) is 69.4 Å². The first-order valence-corrected chi connectivity index (χ1v) is 7.89. The van der Waals surface area contributed by atoms with Crippen molar-refractivity contribution in [3.8, 4) is 0 Å². The summed E-state index contributed by atoms with van der Waals surface area (Å²) in [5.74, 6) is 0.521. The Morgan fingerprint density at radius 1 is 1.23 bits per heavy atom. The van der Waals surface area contributed by atoms with E-state index in [1.165, 1.54) is 5.56 Å². The molecular formula is C18H30N2O2. The highest BCUT2D eigenvalue weighted by Gasteiger charge is 2.12. The standard InChI is InChI=1S/C18H30N2O2/c1-13(2)15-7-9-16(10-8-15)14(3)20-22-12-17(21)11-19-18(4,5)6/h7-10,13,17,19,21H,11-12H2,1-6H3/b20-14+. The average molecular weight is 306 g/mol. The van der Waals surface area contributed by atoms with E-state index in [1.54, 1.807) is 0 Å². The SMILES string of the molecule is C/C(=N\OCC(O)CNC(C)(C)C)c1ccc(C(C)C)cc1. The van der Waals surface area contributed by atoms with Crippen LogP contribution in [0.15, 0.2) is 29.4 Å². The molecule has 22 heavy (non-hydrogen) atoms. The van der Waals surface area contributed by atoms with E-state index < -0.39 is 6.10 Å². The Balaban J connectivity index is 2.45. The summed E-state index contributed by atoms with van der Waals surface area (Å²) in [6.07, 6.45) is -0.570. The fraction of sp³-hybridized carbons (Fsp3) is 0.611. The zero-order valence-corrected chi connectivity index (χ0v) is 14.7. The lowest BCUT2D eigenvalue weighted by Gasteiger charge is -2.22. The van der Waals surface area contributed by atoms with Crippen LogP contribution in [0.1, 0.15) is 58.6 Å². The van der Waals surface area contributed by atoms with Gasteiger partial charge in [-0.05, 0) is 44.7 Å². The molecule has 4 nitrogen and oxygen atoms in total. The van der Waals surface area contributed by atoms with Gasteiger partial charge in [0.25, 0.3) is 0 Å². The van der Waals surface area contributed by atoms with Crippen molar-refractivity contribution in [3.63, 3.8) is 0 Å². The molecule has 0 bridgehead atoms. The Hall–Kier alpha value is -1.39. The van der Waals surface area contributed by atoms with Crippen molar-refractivity contribution in [1.29, 1.82) is 0 Å². The molecule has 4 heteroatoms. The fourth-order valence-electron chi connectivity index (χ4n) is 1.86. The molecule has 1 rings (SSSR count). The van der Waals surface area contributed by atoms with E-state index in [4.69, 9.17) is 4.84 Å². The van der Waals surface area contributed by atoms with E-state index in [9.17, 15) is 5.11 Å². The molecular weight excluding hydrogens is 276 g/mol. The van der Waals surface area contributed by atoms with Gasteiger partial charge in [0.1, 0.15) is 12.7 Å². The topological polar surface area (TPSA) is 53.9 Å². The Labute approximate surface area is 134 Å². The smallest absolute Gasteiger partial charge is 0.144 e. The predicted molar refractivity (Wildman–Crippen MR) is 92.5 cm³/mol. The summed E-state index contributed by atoms with van der Waals surface area (Å²) in [4.78, 5) is 5.25. The molecule has 0 aliphatic heterocycles. The van der Waals surface area contributed by atoms with Crippen LogP contribution in [0.2, 0.25) is 0 Å². The Bertz CT molecular complexity index is 473. The zero-order valence-electron chi connectivity index (χ0n) is 14.7. The number of β-amino-alcohol motifs (C(OH)–C–C–N with tert-alkyl or cyclic N) is 1. The third-order valence-corrected chi connectivity index (χ3v) is 3.33. The van der Waals surface area contributed by atoms with Gasteiger partial charge in [-0.25, -0.2) is 0 Å². The third kappa shape index (κ3) is 7.05. The molecule has 0 aliphatic rings. The van der Waals surface area contributed by atoms with Gasteiger partial charge in [-0.1, -0.05) is 43.3 Å². The summed E-state index contributed by atoms with van der Waals surface area (Å²) in [6.45, 7) is 13.1. The normalized spacial score (nSPS) is 14.3. The van der Waals surface area contributed by atoms with E-state index in [0.717, 1.165) is 11.3 Å². The first-order chi connectivity index (χ1) is 10.2. The van der Waals surface area contributed by atoms with Crippen LogP contribution in [0.4, 0.5) is 0 Å². The number of benzene rings is 1. The summed E-state index contributed by atoms with van der Waals surface area (Å²) in [5.41, 5.74) is 3.14. The molecule has 0 aliphatic carbocycles. The summed E-state index contributed by atoms with van der Waals surface area (Å²) < 4.78 is 0. The lowest BCUT2D eigenvalue weighted by atomic mass is 10.0. The molecule has 0 aromatic heterocycles.